The molecule has 6 heteroatoms. The van der Waals surface area contributed by atoms with Crippen molar-refractivity contribution in [3.8, 4) is 0 Å². The van der Waals surface area contributed by atoms with Gasteiger partial charge in [-0.3, -0.25) is 9.69 Å². The number of thiazole rings is 1. The van der Waals surface area contributed by atoms with Gasteiger partial charge in [0.2, 0.25) is 0 Å². The Morgan fingerprint density at radius 1 is 1.07 bits per heavy atom. The van der Waals surface area contributed by atoms with E-state index in [4.69, 9.17) is 4.98 Å². The predicted octanol–water partition coefficient (Wildman–Crippen LogP) is 3.55. The van der Waals surface area contributed by atoms with Crippen molar-refractivity contribution in [3.05, 3.63) is 53.1 Å². The minimum absolute atomic E-state index is 0.0142. The molecular weight excluding hydrogens is 392 g/mol. The van der Waals surface area contributed by atoms with Crippen molar-refractivity contribution in [2.24, 2.45) is 0 Å². The summed E-state index contributed by atoms with van der Waals surface area (Å²) in [5.41, 5.74) is 5.16. The molecule has 1 heterocycles. The Morgan fingerprint density at radius 3 is 2.33 bits per heavy atom. The van der Waals surface area contributed by atoms with Gasteiger partial charge in [-0.2, -0.15) is 0 Å². The summed E-state index contributed by atoms with van der Waals surface area (Å²) in [6, 6.07) is 12.1. The zero-order valence-electron chi connectivity index (χ0n) is 19.0. The maximum Gasteiger partial charge on any atom is 0.260 e. The lowest BCUT2D eigenvalue weighted by molar-refractivity contribution is -0.894. The number of hydrogen-bond donors (Lipinski definition) is 1. The molecule has 2 aromatic carbocycles. The third-order valence-electron chi connectivity index (χ3n) is 5.60. The smallest absolute Gasteiger partial charge is 0.260 e. The van der Waals surface area contributed by atoms with Crippen molar-refractivity contribution in [2.45, 2.75) is 27.7 Å². The highest BCUT2D eigenvalue weighted by molar-refractivity contribution is 7.22. The number of nitrogens with one attached hydrogen (secondary N) is 1. The summed E-state index contributed by atoms with van der Waals surface area (Å²) in [6.07, 6.45) is 0. The first-order valence-corrected chi connectivity index (χ1v) is 11.5. The molecule has 160 valence electrons. The Kier molecular flexibility index (Phi) is 7.10. The Labute approximate surface area is 183 Å². The molecule has 0 saturated carbocycles. The number of amides is 1. The summed E-state index contributed by atoms with van der Waals surface area (Å²) in [7, 11) is 4.00. The topological polar surface area (TPSA) is 40.9 Å². The van der Waals surface area contributed by atoms with Crippen molar-refractivity contribution in [3.63, 3.8) is 0 Å². The standard InChI is InChI=1S/C24H32N4OS/c1-7-27(8-2)13-14-28(23(29)19-9-11-20(12-10-19)26(5)6)24-25-21-16-17(3)15-18(4)22(21)30-24/h9-12,15-16H,7-8,13-14H2,1-6H3/p+1. The lowest BCUT2D eigenvalue weighted by Crippen LogP contribution is -3.12. The van der Waals surface area contributed by atoms with Crippen LogP contribution < -0.4 is 14.7 Å². The average molecular weight is 426 g/mol. The largest absolute Gasteiger partial charge is 0.378 e. The molecule has 0 radical (unpaired) electrons. The van der Waals surface area contributed by atoms with Crippen LogP contribution in [0.2, 0.25) is 0 Å². The van der Waals surface area contributed by atoms with Crippen LogP contribution in [0, 0.1) is 13.8 Å². The minimum atomic E-state index is 0.0142. The van der Waals surface area contributed by atoms with Crippen molar-refractivity contribution in [2.75, 3.05) is 50.1 Å². The summed E-state index contributed by atoms with van der Waals surface area (Å²) < 4.78 is 1.16. The molecule has 0 aliphatic carbocycles. The predicted molar refractivity (Wildman–Crippen MR) is 128 cm³/mol. The third-order valence-corrected chi connectivity index (χ3v) is 6.83. The fourth-order valence-electron chi connectivity index (χ4n) is 3.70. The second-order valence-corrected chi connectivity index (χ2v) is 9.01. The summed E-state index contributed by atoms with van der Waals surface area (Å²) >= 11 is 1.62. The van der Waals surface area contributed by atoms with Crippen LogP contribution in [-0.4, -0.2) is 51.2 Å². The Balaban J connectivity index is 1.97. The number of anilines is 2. The van der Waals surface area contributed by atoms with Gasteiger partial charge in [-0.05, 0) is 69.2 Å². The molecular formula is C24H33N4OS+. The van der Waals surface area contributed by atoms with Gasteiger partial charge in [0, 0.05) is 25.3 Å². The number of carbonyl (C=O) groups is 1. The fraction of sp³-hybridized carbons (Fsp3) is 0.417. The van der Waals surface area contributed by atoms with Gasteiger partial charge in [0.15, 0.2) is 5.13 Å². The van der Waals surface area contributed by atoms with E-state index in [1.54, 1.807) is 11.3 Å². The number of aryl methyl sites for hydroxylation is 2. The van der Waals surface area contributed by atoms with Gasteiger partial charge in [0.25, 0.3) is 5.91 Å². The number of fused-ring (bicyclic) bond motifs is 1. The molecule has 0 fully saturated rings. The summed E-state index contributed by atoms with van der Waals surface area (Å²) in [4.78, 5) is 23.8. The first-order chi connectivity index (χ1) is 14.3. The Morgan fingerprint density at radius 2 is 1.73 bits per heavy atom. The van der Waals surface area contributed by atoms with Crippen LogP contribution in [-0.2, 0) is 0 Å². The summed E-state index contributed by atoms with van der Waals surface area (Å²) in [5, 5.41) is 0.784. The number of benzene rings is 2. The molecule has 30 heavy (non-hydrogen) atoms. The maximum atomic E-state index is 13.5. The number of nitrogens with zero attached hydrogens (tertiary/aromatic N) is 3. The van der Waals surface area contributed by atoms with E-state index in [1.165, 1.54) is 16.0 Å². The van der Waals surface area contributed by atoms with E-state index in [0.29, 0.717) is 12.1 Å². The summed E-state index contributed by atoms with van der Waals surface area (Å²) in [6.45, 7) is 12.2. The highest BCUT2D eigenvalue weighted by Crippen LogP contribution is 2.32. The monoisotopic (exact) mass is 425 g/mol. The number of carbonyl (C=O) groups excluding carboxylic acids is 1. The molecule has 0 spiro atoms. The van der Waals surface area contributed by atoms with Crippen LogP contribution in [0.4, 0.5) is 10.8 Å². The van der Waals surface area contributed by atoms with E-state index in [1.807, 2.05) is 48.2 Å². The van der Waals surface area contributed by atoms with E-state index >= 15 is 0 Å². The van der Waals surface area contributed by atoms with Gasteiger partial charge in [0.1, 0.15) is 0 Å². The average Bonchev–Trinajstić information content (AvgIpc) is 3.15. The molecule has 0 aliphatic rings. The fourth-order valence-corrected chi connectivity index (χ4v) is 4.74. The van der Waals surface area contributed by atoms with Crippen LogP contribution in [0.25, 0.3) is 10.2 Å². The minimum Gasteiger partial charge on any atom is -0.378 e. The van der Waals surface area contributed by atoms with Gasteiger partial charge >= 0.3 is 0 Å². The zero-order chi connectivity index (χ0) is 21.8. The lowest BCUT2D eigenvalue weighted by atomic mass is 10.1. The number of quaternary nitrogens is 1. The molecule has 0 bridgehead atoms. The highest BCUT2D eigenvalue weighted by atomic mass is 32.1. The molecule has 0 aliphatic heterocycles. The van der Waals surface area contributed by atoms with Crippen molar-refractivity contribution >= 4 is 38.3 Å². The molecule has 0 atom stereocenters. The number of hydrogen-bond acceptors (Lipinski definition) is 4. The number of rotatable bonds is 8. The van der Waals surface area contributed by atoms with Crippen LogP contribution in [0.15, 0.2) is 36.4 Å². The number of aromatic nitrogens is 1. The first kappa shape index (κ1) is 22.2. The molecule has 0 saturated heterocycles. The molecule has 1 N–H and O–H groups in total. The SMILES string of the molecule is CC[NH+](CC)CCN(C(=O)c1ccc(N(C)C)cc1)c1nc2cc(C)cc(C)c2s1. The second-order valence-electron chi connectivity index (χ2n) is 8.03. The first-order valence-electron chi connectivity index (χ1n) is 10.6. The van der Waals surface area contributed by atoms with Crippen LogP contribution in [0.1, 0.15) is 35.3 Å². The summed E-state index contributed by atoms with van der Waals surface area (Å²) in [5.74, 6) is 0.0142. The Hall–Kier alpha value is -2.44. The molecule has 3 rings (SSSR count). The quantitative estimate of drug-likeness (QED) is 0.600. The van der Waals surface area contributed by atoms with Crippen LogP contribution in [0.5, 0.6) is 0 Å². The normalized spacial score (nSPS) is 11.3. The van der Waals surface area contributed by atoms with E-state index in [2.05, 4.69) is 39.8 Å². The van der Waals surface area contributed by atoms with Crippen molar-refractivity contribution < 1.29 is 9.69 Å². The molecule has 3 aromatic rings. The lowest BCUT2D eigenvalue weighted by Gasteiger charge is -2.23. The van der Waals surface area contributed by atoms with E-state index in [-0.39, 0.29) is 5.91 Å². The Bertz CT molecular complexity index is 1010. The van der Waals surface area contributed by atoms with Gasteiger partial charge < -0.3 is 9.80 Å². The third kappa shape index (κ3) is 4.82. The van der Waals surface area contributed by atoms with Crippen LogP contribution in [0.3, 0.4) is 0 Å². The van der Waals surface area contributed by atoms with Crippen molar-refractivity contribution in [1.82, 2.24) is 4.98 Å². The van der Waals surface area contributed by atoms with Gasteiger partial charge in [0.05, 0.1) is 36.4 Å². The highest BCUT2D eigenvalue weighted by Gasteiger charge is 2.23. The molecule has 0 unspecified atom stereocenters. The zero-order valence-corrected chi connectivity index (χ0v) is 19.8. The second kappa shape index (κ2) is 9.58. The molecule has 1 amide bonds. The number of likely N-dealkylation sites (N-methyl/N-ethyl adjacent to an activating group) is 1. The van der Waals surface area contributed by atoms with Crippen LogP contribution >= 0.6 is 11.3 Å². The molecule has 5 nitrogen and oxygen atoms in total. The van der Waals surface area contributed by atoms with E-state index in [0.717, 1.165) is 40.7 Å². The van der Waals surface area contributed by atoms with E-state index in [9.17, 15) is 4.79 Å². The van der Waals surface area contributed by atoms with Crippen molar-refractivity contribution in [1.29, 1.82) is 0 Å². The van der Waals surface area contributed by atoms with Gasteiger partial charge in [-0.1, -0.05) is 17.4 Å². The van der Waals surface area contributed by atoms with E-state index < -0.39 is 0 Å². The van der Waals surface area contributed by atoms with Gasteiger partial charge in [-0.25, -0.2) is 4.98 Å². The maximum absolute atomic E-state index is 13.5. The molecule has 1 aromatic heterocycles. The van der Waals surface area contributed by atoms with Gasteiger partial charge in [-0.15, -0.1) is 0 Å².